The second-order valence-electron chi connectivity index (χ2n) is 4.16. The highest BCUT2D eigenvalue weighted by molar-refractivity contribution is 5.76. The highest BCUT2D eigenvalue weighted by atomic mass is 19.3. The quantitative estimate of drug-likeness (QED) is 0.663. The number of nitrogens with zero attached hydrogens (tertiary/aromatic N) is 1. The molecule has 3 N–H and O–H groups in total. The lowest BCUT2D eigenvalue weighted by molar-refractivity contribution is -0.134. The van der Waals surface area contributed by atoms with Crippen LogP contribution in [0, 0.1) is 5.92 Å². The van der Waals surface area contributed by atoms with Crippen LogP contribution in [0.2, 0.25) is 0 Å². The fourth-order valence-corrected chi connectivity index (χ4v) is 1.63. The predicted octanol–water partition coefficient (Wildman–Crippen LogP) is 0.200. The van der Waals surface area contributed by atoms with Gasteiger partial charge in [-0.2, -0.15) is 0 Å². The smallest absolute Gasteiger partial charge is 0.255 e. The largest absolute Gasteiger partial charge is 0.395 e. The third-order valence-electron chi connectivity index (χ3n) is 2.72. The van der Waals surface area contributed by atoms with Crippen LogP contribution >= 0.6 is 0 Å². The van der Waals surface area contributed by atoms with Gasteiger partial charge in [0.1, 0.15) is 0 Å². The number of amides is 1. The molecule has 1 atom stereocenters. The molecule has 0 bridgehead atoms. The van der Waals surface area contributed by atoms with Crippen molar-refractivity contribution in [3.8, 4) is 0 Å². The van der Waals surface area contributed by atoms with Crippen LogP contribution in [0.4, 0.5) is 8.78 Å². The molecule has 1 rings (SSSR count). The summed E-state index contributed by atoms with van der Waals surface area (Å²) in [6, 6.07) is -0.230. The van der Waals surface area contributed by atoms with E-state index in [2.05, 4.69) is 0 Å². The van der Waals surface area contributed by atoms with Crippen LogP contribution in [0.25, 0.3) is 0 Å². The van der Waals surface area contributed by atoms with E-state index in [1.807, 2.05) is 0 Å². The fraction of sp³-hybridized carbons (Fsp3) is 0.900. The number of aliphatic hydroxyl groups is 1. The van der Waals surface area contributed by atoms with Gasteiger partial charge in [-0.05, 0) is 18.8 Å². The van der Waals surface area contributed by atoms with Crippen molar-refractivity contribution in [1.29, 1.82) is 0 Å². The van der Waals surface area contributed by atoms with E-state index in [4.69, 9.17) is 10.8 Å². The molecule has 16 heavy (non-hydrogen) atoms. The molecule has 1 amide bonds. The maximum absolute atomic E-state index is 12.2. The average molecular weight is 236 g/mol. The van der Waals surface area contributed by atoms with E-state index in [0.29, 0.717) is 5.92 Å². The highest BCUT2D eigenvalue weighted by Gasteiger charge is 2.31. The van der Waals surface area contributed by atoms with Crippen LogP contribution < -0.4 is 5.73 Å². The first-order valence-electron chi connectivity index (χ1n) is 5.47. The molecule has 0 spiro atoms. The Bertz CT molecular complexity index is 235. The van der Waals surface area contributed by atoms with Gasteiger partial charge in [0.2, 0.25) is 5.91 Å². The van der Waals surface area contributed by atoms with E-state index in [-0.39, 0.29) is 25.6 Å². The Balaban J connectivity index is 2.38. The fourth-order valence-electron chi connectivity index (χ4n) is 1.63. The number of hydrogen-bond acceptors (Lipinski definition) is 3. The molecule has 94 valence electrons. The number of nitrogens with two attached hydrogens (primary N) is 1. The Labute approximate surface area is 93.4 Å². The molecule has 0 aromatic rings. The van der Waals surface area contributed by atoms with E-state index in [0.717, 1.165) is 17.7 Å². The van der Waals surface area contributed by atoms with Gasteiger partial charge in [-0.3, -0.25) is 4.79 Å². The van der Waals surface area contributed by atoms with E-state index in [1.54, 1.807) is 0 Å². The number of hydrogen-bond donors (Lipinski definition) is 2. The highest BCUT2D eigenvalue weighted by Crippen LogP contribution is 2.32. The van der Waals surface area contributed by atoms with Crippen molar-refractivity contribution in [3.05, 3.63) is 0 Å². The van der Waals surface area contributed by atoms with E-state index in [1.165, 1.54) is 0 Å². The van der Waals surface area contributed by atoms with Gasteiger partial charge in [-0.25, -0.2) is 8.78 Å². The van der Waals surface area contributed by atoms with Crippen molar-refractivity contribution in [3.63, 3.8) is 0 Å². The summed E-state index contributed by atoms with van der Waals surface area (Å²) in [6.07, 6.45) is -0.447. The van der Waals surface area contributed by atoms with E-state index < -0.39 is 18.9 Å². The third-order valence-corrected chi connectivity index (χ3v) is 2.72. The van der Waals surface area contributed by atoms with Crippen molar-refractivity contribution < 1.29 is 18.7 Å². The van der Waals surface area contributed by atoms with Gasteiger partial charge in [0.15, 0.2) is 0 Å². The molecule has 0 radical (unpaired) electrons. The summed E-state index contributed by atoms with van der Waals surface area (Å²) in [5.74, 6) is -0.0276. The van der Waals surface area contributed by atoms with Crippen LogP contribution in [0.1, 0.15) is 19.3 Å². The normalized spacial score (nSPS) is 17.6. The van der Waals surface area contributed by atoms with Crippen LogP contribution in [0.3, 0.4) is 0 Å². The zero-order valence-electron chi connectivity index (χ0n) is 9.11. The van der Waals surface area contributed by atoms with Crippen LogP contribution in [0.5, 0.6) is 0 Å². The number of aliphatic hydroxyl groups excluding tert-OH is 1. The second-order valence-corrected chi connectivity index (χ2v) is 4.16. The summed E-state index contributed by atoms with van der Waals surface area (Å²) in [5, 5.41) is 8.68. The molecule has 6 heteroatoms. The Hall–Kier alpha value is -0.750. The van der Waals surface area contributed by atoms with Crippen LogP contribution in [-0.4, -0.2) is 48.1 Å². The first-order valence-corrected chi connectivity index (χ1v) is 5.47. The first kappa shape index (κ1) is 13.3. The molecule has 0 saturated heterocycles. The van der Waals surface area contributed by atoms with Crippen molar-refractivity contribution in [2.75, 3.05) is 19.7 Å². The van der Waals surface area contributed by atoms with Gasteiger partial charge in [0.05, 0.1) is 13.2 Å². The summed E-state index contributed by atoms with van der Waals surface area (Å²) >= 11 is 0. The van der Waals surface area contributed by atoms with Crippen LogP contribution in [0.15, 0.2) is 0 Å². The van der Waals surface area contributed by atoms with Crippen molar-refractivity contribution in [1.82, 2.24) is 4.90 Å². The van der Waals surface area contributed by atoms with Gasteiger partial charge in [0.25, 0.3) is 6.43 Å². The van der Waals surface area contributed by atoms with Gasteiger partial charge in [-0.15, -0.1) is 0 Å². The van der Waals surface area contributed by atoms with E-state index in [9.17, 15) is 13.6 Å². The lowest BCUT2D eigenvalue weighted by atomic mass is 10.1. The Kier molecular flexibility index (Phi) is 5.08. The molecule has 0 aliphatic heterocycles. The maximum atomic E-state index is 12.2. The molecule has 1 fully saturated rings. The lowest BCUT2D eigenvalue weighted by Crippen LogP contribution is -2.40. The minimum atomic E-state index is -2.58. The minimum absolute atomic E-state index is 0.0550. The van der Waals surface area contributed by atoms with Gasteiger partial charge >= 0.3 is 0 Å². The summed E-state index contributed by atoms with van der Waals surface area (Å²) in [7, 11) is 0. The summed E-state index contributed by atoms with van der Waals surface area (Å²) < 4.78 is 24.3. The molecule has 0 aromatic heterocycles. The molecule has 1 unspecified atom stereocenters. The van der Waals surface area contributed by atoms with Gasteiger partial charge in [0, 0.05) is 19.0 Å². The van der Waals surface area contributed by atoms with E-state index >= 15 is 0 Å². The predicted molar refractivity (Wildman–Crippen MR) is 55.0 cm³/mol. The first-order chi connectivity index (χ1) is 7.54. The summed E-state index contributed by atoms with van der Waals surface area (Å²) in [4.78, 5) is 12.6. The molecule has 1 aliphatic carbocycles. The summed E-state index contributed by atoms with van der Waals surface area (Å²) in [5.41, 5.74) is 5.75. The second kappa shape index (κ2) is 6.10. The molecule has 0 heterocycles. The minimum Gasteiger partial charge on any atom is -0.395 e. The van der Waals surface area contributed by atoms with Crippen molar-refractivity contribution >= 4 is 5.91 Å². The Morgan fingerprint density at radius 2 is 2.12 bits per heavy atom. The van der Waals surface area contributed by atoms with Crippen molar-refractivity contribution in [2.24, 2.45) is 11.7 Å². The zero-order valence-corrected chi connectivity index (χ0v) is 9.11. The number of alkyl halides is 2. The number of carbonyl (C=O) groups is 1. The molecule has 0 aromatic carbocycles. The Morgan fingerprint density at radius 1 is 1.50 bits per heavy atom. The maximum Gasteiger partial charge on any atom is 0.255 e. The molecular formula is C10H18F2N2O2. The van der Waals surface area contributed by atoms with Crippen molar-refractivity contribution in [2.45, 2.75) is 31.7 Å². The number of halogens is 2. The summed E-state index contributed by atoms with van der Waals surface area (Å²) in [6.45, 7) is -0.992. The van der Waals surface area contributed by atoms with Gasteiger partial charge in [-0.1, -0.05) is 0 Å². The SMILES string of the molecule is NC(CC(=O)N(CCO)CC(F)F)C1CC1. The van der Waals surface area contributed by atoms with Gasteiger partial charge < -0.3 is 15.7 Å². The average Bonchev–Trinajstić information content (AvgIpc) is 2.99. The molecular weight excluding hydrogens is 218 g/mol. The number of carbonyl (C=O) groups excluding carboxylic acids is 1. The molecule has 1 saturated carbocycles. The molecule has 1 aliphatic rings. The monoisotopic (exact) mass is 236 g/mol. The third kappa shape index (κ3) is 4.40. The Morgan fingerprint density at radius 3 is 2.56 bits per heavy atom. The van der Waals surface area contributed by atoms with Crippen LogP contribution in [-0.2, 0) is 4.79 Å². The number of rotatable bonds is 7. The standard InChI is InChI=1S/C10H18F2N2O2/c11-9(12)6-14(3-4-15)10(16)5-8(13)7-1-2-7/h7-9,15H,1-6,13H2. The molecule has 4 nitrogen and oxygen atoms in total. The zero-order chi connectivity index (χ0) is 12.1. The topological polar surface area (TPSA) is 66.6 Å². The lowest BCUT2D eigenvalue weighted by Gasteiger charge is -2.22.